The lowest BCUT2D eigenvalue weighted by atomic mass is 9.97. The second-order valence-electron chi connectivity index (χ2n) is 3.97. The number of nitrogens with zero attached hydrogens (tertiary/aromatic N) is 1. The first-order valence-electron chi connectivity index (χ1n) is 5.16. The molecule has 0 saturated carbocycles. The summed E-state index contributed by atoms with van der Waals surface area (Å²) in [5.41, 5.74) is -0.265. The van der Waals surface area contributed by atoms with E-state index in [0.29, 0.717) is 6.42 Å². The van der Waals surface area contributed by atoms with Crippen LogP contribution in [0.3, 0.4) is 0 Å². The SMILES string of the molecule is CCCC(O)(c1ccc(F)cc1)N(C)C. The average Bonchev–Trinajstić information content (AvgIpc) is 2.18. The summed E-state index contributed by atoms with van der Waals surface area (Å²) in [4.78, 5) is 1.75. The van der Waals surface area contributed by atoms with E-state index in [0.717, 1.165) is 12.0 Å². The third-order valence-electron chi connectivity index (χ3n) is 2.64. The fourth-order valence-electron chi connectivity index (χ4n) is 1.69. The zero-order valence-corrected chi connectivity index (χ0v) is 9.50. The quantitative estimate of drug-likeness (QED) is 0.773. The van der Waals surface area contributed by atoms with Crippen molar-refractivity contribution in [3.8, 4) is 0 Å². The summed E-state index contributed by atoms with van der Waals surface area (Å²) in [6, 6.07) is 6.01. The van der Waals surface area contributed by atoms with Gasteiger partial charge in [-0.05, 0) is 38.2 Å². The lowest BCUT2D eigenvalue weighted by Crippen LogP contribution is -2.41. The van der Waals surface area contributed by atoms with Gasteiger partial charge in [0, 0.05) is 0 Å². The van der Waals surface area contributed by atoms with Crippen LogP contribution in [-0.2, 0) is 5.72 Å². The molecule has 0 bridgehead atoms. The maximum Gasteiger partial charge on any atom is 0.144 e. The van der Waals surface area contributed by atoms with Crippen LogP contribution in [0.1, 0.15) is 25.3 Å². The van der Waals surface area contributed by atoms with Crippen molar-refractivity contribution in [1.29, 1.82) is 0 Å². The van der Waals surface area contributed by atoms with E-state index < -0.39 is 5.72 Å². The normalized spacial score (nSPS) is 15.3. The van der Waals surface area contributed by atoms with E-state index >= 15 is 0 Å². The van der Waals surface area contributed by atoms with Crippen LogP contribution in [0.5, 0.6) is 0 Å². The molecule has 3 heteroatoms. The van der Waals surface area contributed by atoms with Gasteiger partial charge in [0.2, 0.25) is 0 Å². The van der Waals surface area contributed by atoms with Crippen LogP contribution in [0.4, 0.5) is 4.39 Å². The van der Waals surface area contributed by atoms with Crippen LogP contribution in [0.2, 0.25) is 0 Å². The van der Waals surface area contributed by atoms with Crippen LogP contribution in [0.15, 0.2) is 24.3 Å². The van der Waals surface area contributed by atoms with Crippen molar-refractivity contribution in [3.05, 3.63) is 35.6 Å². The van der Waals surface area contributed by atoms with Gasteiger partial charge in [-0.2, -0.15) is 0 Å². The van der Waals surface area contributed by atoms with Crippen molar-refractivity contribution in [2.24, 2.45) is 0 Å². The highest BCUT2D eigenvalue weighted by atomic mass is 19.1. The Labute approximate surface area is 90.3 Å². The molecule has 0 spiro atoms. The Morgan fingerprint density at radius 1 is 1.27 bits per heavy atom. The topological polar surface area (TPSA) is 23.5 Å². The highest BCUT2D eigenvalue weighted by Gasteiger charge is 2.30. The third-order valence-corrected chi connectivity index (χ3v) is 2.64. The molecule has 84 valence electrons. The molecule has 0 fully saturated rings. The number of benzene rings is 1. The van der Waals surface area contributed by atoms with Gasteiger partial charge in [-0.25, -0.2) is 4.39 Å². The summed E-state index contributed by atoms with van der Waals surface area (Å²) in [7, 11) is 3.64. The summed E-state index contributed by atoms with van der Waals surface area (Å²) in [5, 5.41) is 10.5. The van der Waals surface area contributed by atoms with Gasteiger partial charge in [-0.15, -0.1) is 0 Å². The van der Waals surface area contributed by atoms with Gasteiger partial charge >= 0.3 is 0 Å². The molecule has 1 unspecified atom stereocenters. The molecule has 0 aliphatic heterocycles. The molecule has 15 heavy (non-hydrogen) atoms. The molecular formula is C12H18FNO. The highest BCUT2D eigenvalue weighted by molar-refractivity contribution is 5.22. The van der Waals surface area contributed by atoms with Crippen molar-refractivity contribution in [3.63, 3.8) is 0 Å². The van der Waals surface area contributed by atoms with Crippen LogP contribution in [0, 0.1) is 5.82 Å². The van der Waals surface area contributed by atoms with E-state index in [-0.39, 0.29) is 5.82 Å². The largest absolute Gasteiger partial charge is 0.371 e. The van der Waals surface area contributed by atoms with E-state index in [9.17, 15) is 9.50 Å². The lowest BCUT2D eigenvalue weighted by Gasteiger charge is -2.35. The monoisotopic (exact) mass is 211 g/mol. The maximum absolute atomic E-state index is 12.8. The molecule has 1 rings (SSSR count). The summed E-state index contributed by atoms with van der Waals surface area (Å²) < 4.78 is 12.8. The summed E-state index contributed by atoms with van der Waals surface area (Å²) in [6.45, 7) is 2.01. The number of halogens is 1. The molecule has 0 aromatic heterocycles. The van der Waals surface area contributed by atoms with E-state index in [4.69, 9.17) is 0 Å². The summed E-state index contributed by atoms with van der Waals surface area (Å²) in [6.07, 6.45) is 1.50. The average molecular weight is 211 g/mol. The molecule has 0 aliphatic carbocycles. The molecule has 0 amide bonds. The van der Waals surface area contributed by atoms with Gasteiger partial charge in [-0.3, -0.25) is 4.90 Å². The van der Waals surface area contributed by atoms with Gasteiger partial charge in [0.25, 0.3) is 0 Å². The first-order chi connectivity index (χ1) is 7.00. The molecule has 1 aromatic rings. The van der Waals surface area contributed by atoms with Crippen LogP contribution in [-0.4, -0.2) is 24.1 Å². The van der Waals surface area contributed by atoms with Crippen molar-refractivity contribution in [1.82, 2.24) is 4.90 Å². The van der Waals surface area contributed by atoms with E-state index in [1.165, 1.54) is 12.1 Å². The van der Waals surface area contributed by atoms with Gasteiger partial charge in [0.15, 0.2) is 0 Å². The van der Waals surface area contributed by atoms with Crippen molar-refractivity contribution in [2.75, 3.05) is 14.1 Å². The number of aliphatic hydroxyl groups is 1. The fraction of sp³-hybridized carbons (Fsp3) is 0.500. The highest BCUT2D eigenvalue weighted by Crippen LogP contribution is 2.28. The molecule has 2 nitrogen and oxygen atoms in total. The van der Waals surface area contributed by atoms with Gasteiger partial charge < -0.3 is 5.11 Å². The predicted octanol–water partition coefficient (Wildman–Crippen LogP) is 2.33. The predicted molar refractivity (Wildman–Crippen MR) is 58.9 cm³/mol. The Morgan fingerprint density at radius 2 is 1.80 bits per heavy atom. The number of rotatable bonds is 4. The second kappa shape index (κ2) is 4.73. The summed E-state index contributed by atoms with van der Waals surface area (Å²) >= 11 is 0. The molecule has 1 N–H and O–H groups in total. The van der Waals surface area contributed by atoms with E-state index in [2.05, 4.69) is 0 Å². The first kappa shape index (κ1) is 12.1. The van der Waals surface area contributed by atoms with Crippen LogP contribution < -0.4 is 0 Å². The molecule has 1 aromatic carbocycles. The zero-order valence-electron chi connectivity index (χ0n) is 9.50. The van der Waals surface area contributed by atoms with Crippen molar-refractivity contribution < 1.29 is 9.50 Å². The van der Waals surface area contributed by atoms with Crippen LogP contribution in [0.25, 0.3) is 0 Å². The van der Waals surface area contributed by atoms with Gasteiger partial charge in [-0.1, -0.05) is 25.5 Å². The summed E-state index contributed by atoms with van der Waals surface area (Å²) in [5.74, 6) is -0.281. The first-order valence-corrected chi connectivity index (χ1v) is 5.16. The number of hydrogen-bond donors (Lipinski definition) is 1. The van der Waals surface area contributed by atoms with E-state index in [1.807, 2.05) is 21.0 Å². The van der Waals surface area contributed by atoms with Crippen molar-refractivity contribution in [2.45, 2.75) is 25.5 Å². The molecule has 0 radical (unpaired) electrons. The van der Waals surface area contributed by atoms with Crippen LogP contribution >= 0.6 is 0 Å². The lowest BCUT2D eigenvalue weighted by molar-refractivity contribution is -0.0964. The fourth-order valence-corrected chi connectivity index (χ4v) is 1.69. The minimum absolute atomic E-state index is 0.281. The smallest absolute Gasteiger partial charge is 0.144 e. The molecular weight excluding hydrogens is 193 g/mol. The van der Waals surface area contributed by atoms with Crippen molar-refractivity contribution >= 4 is 0 Å². The Bertz CT molecular complexity index is 310. The number of hydrogen-bond acceptors (Lipinski definition) is 2. The Balaban J connectivity index is 3.04. The Kier molecular flexibility index (Phi) is 3.83. The Morgan fingerprint density at radius 3 is 2.20 bits per heavy atom. The second-order valence-corrected chi connectivity index (χ2v) is 3.97. The molecule has 1 atom stereocenters. The Hall–Kier alpha value is -0.930. The molecule has 0 aliphatic rings. The van der Waals surface area contributed by atoms with Gasteiger partial charge in [0.05, 0.1) is 0 Å². The minimum atomic E-state index is -0.998. The standard InChI is InChI=1S/C12H18FNO/c1-4-9-12(15,14(2)3)10-5-7-11(13)8-6-10/h5-8,15H,4,9H2,1-3H3. The zero-order chi connectivity index (χ0) is 11.5. The third kappa shape index (κ3) is 2.55. The maximum atomic E-state index is 12.8. The molecule has 0 saturated heterocycles. The van der Waals surface area contributed by atoms with Gasteiger partial charge in [0.1, 0.15) is 11.5 Å². The molecule has 0 heterocycles. The minimum Gasteiger partial charge on any atom is -0.371 e. The van der Waals surface area contributed by atoms with E-state index in [1.54, 1.807) is 17.0 Å².